The van der Waals surface area contributed by atoms with E-state index in [0.29, 0.717) is 18.3 Å². The second kappa shape index (κ2) is 5.67. The van der Waals surface area contributed by atoms with E-state index in [2.05, 4.69) is 29.0 Å². The third kappa shape index (κ3) is 2.88. The first-order chi connectivity index (χ1) is 8.70. The van der Waals surface area contributed by atoms with Crippen LogP contribution in [0.3, 0.4) is 0 Å². The summed E-state index contributed by atoms with van der Waals surface area (Å²) in [5.41, 5.74) is 0.939. The van der Waals surface area contributed by atoms with Crippen LogP contribution in [0.25, 0.3) is 11.4 Å². The van der Waals surface area contributed by atoms with Gasteiger partial charge in [-0.2, -0.15) is 5.10 Å². The summed E-state index contributed by atoms with van der Waals surface area (Å²) in [7, 11) is 0. The number of aromatic amines is 1. The Morgan fingerprint density at radius 1 is 1.28 bits per heavy atom. The van der Waals surface area contributed by atoms with Crippen LogP contribution in [0.1, 0.15) is 26.6 Å². The van der Waals surface area contributed by atoms with Gasteiger partial charge in [-0.1, -0.05) is 32.9 Å². The predicted molar refractivity (Wildman–Crippen MR) is 71.5 cm³/mol. The lowest BCUT2D eigenvalue weighted by Crippen LogP contribution is -2.05. The Morgan fingerprint density at radius 3 is 2.72 bits per heavy atom. The number of para-hydroxylation sites is 1. The fourth-order valence-electron chi connectivity index (χ4n) is 1.61. The molecule has 0 bridgehead atoms. The second-order valence-corrected chi connectivity index (χ2v) is 4.66. The highest BCUT2D eigenvalue weighted by Crippen LogP contribution is 2.27. The molecule has 1 N–H and O–H groups in total. The van der Waals surface area contributed by atoms with Crippen molar-refractivity contribution in [2.24, 2.45) is 5.92 Å². The monoisotopic (exact) mass is 245 g/mol. The molecule has 1 aromatic heterocycles. The summed E-state index contributed by atoms with van der Waals surface area (Å²) in [6.45, 7) is 7.00. The highest BCUT2D eigenvalue weighted by molar-refractivity contribution is 5.63. The smallest absolute Gasteiger partial charge is 0.184 e. The largest absolute Gasteiger partial charge is 0.493 e. The molecule has 0 spiro atoms. The van der Waals surface area contributed by atoms with Crippen molar-refractivity contribution in [1.29, 1.82) is 0 Å². The second-order valence-electron chi connectivity index (χ2n) is 4.66. The normalized spacial score (nSPS) is 10.9. The lowest BCUT2D eigenvalue weighted by Gasteiger charge is -2.11. The number of nitrogens with zero attached hydrogens (tertiary/aromatic N) is 2. The highest BCUT2D eigenvalue weighted by Gasteiger charge is 2.11. The van der Waals surface area contributed by atoms with Crippen molar-refractivity contribution < 1.29 is 4.74 Å². The van der Waals surface area contributed by atoms with Gasteiger partial charge in [-0.25, -0.2) is 4.98 Å². The fraction of sp³-hybridized carbons (Fsp3) is 0.429. The minimum absolute atomic E-state index is 0.497. The van der Waals surface area contributed by atoms with Gasteiger partial charge in [-0.05, 0) is 18.1 Å². The van der Waals surface area contributed by atoms with Crippen molar-refractivity contribution in [3.63, 3.8) is 0 Å². The standard InChI is InChI=1S/C14H19N3O/c1-4-13-15-14(17-16-13)11-7-5-6-8-12(11)18-9-10(2)3/h5-8,10H,4,9H2,1-3H3,(H,15,16,17). The van der Waals surface area contributed by atoms with Crippen LogP contribution in [-0.2, 0) is 6.42 Å². The first-order valence-corrected chi connectivity index (χ1v) is 6.34. The maximum atomic E-state index is 5.80. The van der Waals surface area contributed by atoms with E-state index >= 15 is 0 Å². The van der Waals surface area contributed by atoms with Crippen LogP contribution in [0, 0.1) is 5.92 Å². The van der Waals surface area contributed by atoms with Gasteiger partial charge < -0.3 is 4.74 Å². The summed E-state index contributed by atoms with van der Waals surface area (Å²) in [6, 6.07) is 7.88. The minimum atomic E-state index is 0.497. The number of aryl methyl sites for hydroxylation is 1. The summed E-state index contributed by atoms with van der Waals surface area (Å²) in [4.78, 5) is 4.44. The van der Waals surface area contributed by atoms with E-state index < -0.39 is 0 Å². The minimum Gasteiger partial charge on any atom is -0.493 e. The highest BCUT2D eigenvalue weighted by atomic mass is 16.5. The summed E-state index contributed by atoms with van der Waals surface area (Å²) in [6.07, 6.45) is 0.849. The molecule has 96 valence electrons. The molecule has 1 heterocycles. The van der Waals surface area contributed by atoms with E-state index in [9.17, 15) is 0 Å². The number of nitrogens with one attached hydrogen (secondary N) is 1. The number of aromatic nitrogens is 3. The Morgan fingerprint density at radius 2 is 2.06 bits per heavy atom. The van der Waals surface area contributed by atoms with Crippen molar-refractivity contribution in [1.82, 2.24) is 15.2 Å². The topological polar surface area (TPSA) is 50.8 Å². The van der Waals surface area contributed by atoms with Crippen LogP contribution in [0.5, 0.6) is 5.75 Å². The van der Waals surface area contributed by atoms with Gasteiger partial charge in [0.15, 0.2) is 5.82 Å². The zero-order valence-corrected chi connectivity index (χ0v) is 11.1. The molecule has 0 atom stereocenters. The Labute approximate surface area is 107 Å². The van der Waals surface area contributed by atoms with Crippen LogP contribution < -0.4 is 4.74 Å². The Kier molecular flexibility index (Phi) is 3.97. The first kappa shape index (κ1) is 12.6. The van der Waals surface area contributed by atoms with Crippen LogP contribution in [0.2, 0.25) is 0 Å². The number of ether oxygens (including phenoxy) is 1. The molecule has 0 saturated carbocycles. The Hall–Kier alpha value is -1.84. The summed E-state index contributed by atoms with van der Waals surface area (Å²) in [5, 5.41) is 7.16. The molecule has 0 aliphatic heterocycles. The molecule has 0 aliphatic rings. The molecule has 0 radical (unpaired) electrons. The molecule has 0 amide bonds. The van der Waals surface area contributed by atoms with Gasteiger partial charge in [-0.3, -0.25) is 5.10 Å². The van der Waals surface area contributed by atoms with Crippen LogP contribution >= 0.6 is 0 Å². The van der Waals surface area contributed by atoms with Gasteiger partial charge in [0.1, 0.15) is 11.6 Å². The number of hydrogen-bond acceptors (Lipinski definition) is 3. The zero-order valence-electron chi connectivity index (χ0n) is 11.1. The molecule has 18 heavy (non-hydrogen) atoms. The van der Waals surface area contributed by atoms with Gasteiger partial charge in [0.25, 0.3) is 0 Å². The predicted octanol–water partition coefficient (Wildman–Crippen LogP) is 3.07. The SMILES string of the molecule is CCc1nc(-c2ccccc2OCC(C)C)n[nH]1. The summed E-state index contributed by atoms with van der Waals surface area (Å²) >= 11 is 0. The fourth-order valence-corrected chi connectivity index (χ4v) is 1.61. The molecule has 4 heteroatoms. The van der Waals surface area contributed by atoms with Crippen molar-refractivity contribution in [3.8, 4) is 17.1 Å². The van der Waals surface area contributed by atoms with Gasteiger partial charge in [0.2, 0.25) is 0 Å². The van der Waals surface area contributed by atoms with Gasteiger partial charge in [0, 0.05) is 6.42 Å². The number of H-pyrrole nitrogens is 1. The third-order valence-electron chi connectivity index (χ3n) is 2.57. The van der Waals surface area contributed by atoms with E-state index in [1.165, 1.54) is 0 Å². The van der Waals surface area contributed by atoms with Gasteiger partial charge in [0.05, 0.1) is 12.2 Å². The maximum absolute atomic E-state index is 5.80. The van der Waals surface area contributed by atoms with Gasteiger partial charge >= 0.3 is 0 Å². The molecule has 2 aromatic rings. The quantitative estimate of drug-likeness (QED) is 0.880. The van der Waals surface area contributed by atoms with E-state index in [1.807, 2.05) is 31.2 Å². The number of benzene rings is 1. The molecule has 4 nitrogen and oxygen atoms in total. The molecule has 2 rings (SSSR count). The Balaban J connectivity index is 2.26. The third-order valence-corrected chi connectivity index (χ3v) is 2.57. The zero-order chi connectivity index (χ0) is 13.0. The number of rotatable bonds is 5. The Bertz CT molecular complexity index is 505. The van der Waals surface area contributed by atoms with Crippen molar-refractivity contribution >= 4 is 0 Å². The average Bonchev–Trinajstić information content (AvgIpc) is 2.85. The lowest BCUT2D eigenvalue weighted by atomic mass is 10.2. The van der Waals surface area contributed by atoms with E-state index in [1.54, 1.807) is 0 Å². The van der Waals surface area contributed by atoms with E-state index in [0.717, 1.165) is 23.6 Å². The van der Waals surface area contributed by atoms with Crippen molar-refractivity contribution in [3.05, 3.63) is 30.1 Å². The summed E-state index contributed by atoms with van der Waals surface area (Å²) in [5.74, 6) is 2.93. The number of hydrogen-bond donors (Lipinski definition) is 1. The average molecular weight is 245 g/mol. The molecule has 0 aliphatic carbocycles. The van der Waals surface area contributed by atoms with E-state index in [4.69, 9.17) is 4.74 Å². The van der Waals surface area contributed by atoms with E-state index in [-0.39, 0.29) is 0 Å². The van der Waals surface area contributed by atoms with Crippen molar-refractivity contribution in [2.45, 2.75) is 27.2 Å². The maximum Gasteiger partial charge on any atom is 0.184 e. The molecule has 1 aromatic carbocycles. The lowest BCUT2D eigenvalue weighted by molar-refractivity contribution is 0.272. The van der Waals surface area contributed by atoms with Gasteiger partial charge in [-0.15, -0.1) is 0 Å². The molecular formula is C14H19N3O. The molecule has 0 saturated heterocycles. The van der Waals surface area contributed by atoms with Crippen LogP contribution in [-0.4, -0.2) is 21.8 Å². The first-order valence-electron chi connectivity index (χ1n) is 6.34. The summed E-state index contributed by atoms with van der Waals surface area (Å²) < 4.78 is 5.80. The van der Waals surface area contributed by atoms with Crippen molar-refractivity contribution in [2.75, 3.05) is 6.61 Å². The van der Waals surface area contributed by atoms with Crippen LogP contribution in [0.4, 0.5) is 0 Å². The molecule has 0 unspecified atom stereocenters. The van der Waals surface area contributed by atoms with Crippen LogP contribution in [0.15, 0.2) is 24.3 Å². The molecule has 0 fully saturated rings. The molecular weight excluding hydrogens is 226 g/mol.